The number of para-hydroxylation sites is 2. The summed E-state index contributed by atoms with van der Waals surface area (Å²) in [5, 5.41) is 6.48. The Balaban J connectivity index is 2.33. The van der Waals surface area contributed by atoms with E-state index >= 15 is 0 Å². The van der Waals surface area contributed by atoms with Crippen molar-refractivity contribution < 1.29 is 4.39 Å². The Morgan fingerprint density at radius 1 is 1.00 bits per heavy atom. The Hall–Kier alpha value is -3.22. The third kappa shape index (κ3) is 1.56. The lowest BCUT2D eigenvalue weighted by Crippen LogP contribution is -2.24. The summed E-state index contributed by atoms with van der Waals surface area (Å²) in [6.07, 6.45) is 0. The number of nitrogens with one attached hydrogen (secondary N) is 1. The van der Waals surface area contributed by atoms with Gasteiger partial charge in [-0.3, -0.25) is 4.79 Å². The molecule has 108 valence electrons. The van der Waals surface area contributed by atoms with Gasteiger partial charge in [-0.25, -0.2) is 23.3 Å². The topological polar surface area (TPSA) is 72.2 Å². The first-order valence-corrected chi connectivity index (χ1v) is 6.54. The maximum Gasteiger partial charge on any atom is 0.349 e. The van der Waals surface area contributed by atoms with Crippen LogP contribution in [-0.4, -0.2) is 19.2 Å². The molecule has 4 aromatic rings. The highest BCUT2D eigenvalue weighted by atomic mass is 19.1. The second kappa shape index (κ2) is 4.39. The fourth-order valence-corrected chi connectivity index (χ4v) is 2.57. The van der Waals surface area contributed by atoms with Crippen LogP contribution in [-0.2, 0) is 0 Å². The van der Waals surface area contributed by atoms with Crippen molar-refractivity contribution in [3.8, 4) is 5.69 Å². The van der Waals surface area contributed by atoms with Crippen LogP contribution in [0.25, 0.3) is 22.4 Å². The van der Waals surface area contributed by atoms with E-state index in [0.717, 1.165) is 4.57 Å². The van der Waals surface area contributed by atoms with Crippen molar-refractivity contribution in [3.63, 3.8) is 0 Å². The summed E-state index contributed by atoms with van der Waals surface area (Å²) in [4.78, 5) is 24.7. The lowest BCUT2D eigenvalue weighted by Gasteiger charge is -2.10. The summed E-state index contributed by atoms with van der Waals surface area (Å²) in [6, 6.07) is 12.5. The molecule has 2 aromatic carbocycles. The molecule has 0 aliphatic carbocycles. The number of rotatable bonds is 1. The van der Waals surface area contributed by atoms with E-state index in [9.17, 15) is 14.0 Å². The molecule has 2 heterocycles. The largest absolute Gasteiger partial charge is 0.349 e. The molecule has 22 heavy (non-hydrogen) atoms. The maximum absolute atomic E-state index is 14.1. The fraction of sp³-hybridized carbons (Fsp3) is 0. The van der Waals surface area contributed by atoms with Gasteiger partial charge in [0.2, 0.25) is 5.78 Å². The summed E-state index contributed by atoms with van der Waals surface area (Å²) < 4.78 is 16.5. The van der Waals surface area contributed by atoms with E-state index in [4.69, 9.17) is 0 Å². The first-order chi connectivity index (χ1) is 10.7. The van der Waals surface area contributed by atoms with Crippen molar-refractivity contribution in [1.82, 2.24) is 19.2 Å². The van der Waals surface area contributed by atoms with Gasteiger partial charge in [0.05, 0.1) is 16.6 Å². The van der Waals surface area contributed by atoms with Gasteiger partial charge in [-0.1, -0.05) is 24.3 Å². The molecule has 0 radical (unpaired) electrons. The van der Waals surface area contributed by atoms with E-state index in [2.05, 4.69) is 10.2 Å². The van der Waals surface area contributed by atoms with Crippen molar-refractivity contribution in [2.75, 3.05) is 0 Å². The van der Waals surface area contributed by atoms with Crippen molar-refractivity contribution in [3.05, 3.63) is 75.2 Å². The number of aromatic amines is 1. The van der Waals surface area contributed by atoms with Gasteiger partial charge in [-0.15, -0.1) is 5.10 Å². The number of halogens is 1. The number of benzene rings is 2. The average Bonchev–Trinajstić information content (AvgIpc) is 2.91. The summed E-state index contributed by atoms with van der Waals surface area (Å²) in [5.74, 6) is -0.531. The summed E-state index contributed by atoms with van der Waals surface area (Å²) in [7, 11) is 0. The van der Waals surface area contributed by atoms with Crippen LogP contribution in [0.1, 0.15) is 0 Å². The monoisotopic (exact) mass is 296 g/mol. The van der Waals surface area contributed by atoms with E-state index in [1.165, 1.54) is 22.6 Å². The second-order valence-electron chi connectivity index (χ2n) is 4.77. The van der Waals surface area contributed by atoms with Gasteiger partial charge in [0.1, 0.15) is 5.82 Å². The minimum absolute atomic E-state index is 0.0406. The Morgan fingerprint density at radius 3 is 2.55 bits per heavy atom. The molecule has 0 spiro atoms. The second-order valence-corrected chi connectivity index (χ2v) is 4.77. The molecule has 2 aromatic heterocycles. The molecule has 0 aliphatic heterocycles. The van der Waals surface area contributed by atoms with E-state index in [0.29, 0.717) is 10.9 Å². The molecule has 0 saturated carbocycles. The standard InChI is InChI=1S/C15H9FN4O2/c16-10-6-2-4-8-12(10)19-13(21)9-5-1-3-7-11(9)20-14(19)17-18-15(20)22/h1-8H,(H,18,22). The molecule has 4 rings (SSSR count). The normalized spacial score (nSPS) is 11.3. The molecule has 0 bridgehead atoms. The zero-order chi connectivity index (χ0) is 15.3. The van der Waals surface area contributed by atoms with Crippen LogP contribution in [0.15, 0.2) is 58.1 Å². The number of aromatic nitrogens is 4. The molecule has 6 nitrogen and oxygen atoms in total. The van der Waals surface area contributed by atoms with Crippen LogP contribution in [0.3, 0.4) is 0 Å². The maximum atomic E-state index is 14.1. The number of fused-ring (bicyclic) bond motifs is 3. The van der Waals surface area contributed by atoms with Crippen LogP contribution >= 0.6 is 0 Å². The Bertz CT molecular complexity index is 1140. The first kappa shape index (κ1) is 12.5. The van der Waals surface area contributed by atoms with E-state index in [-0.39, 0.29) is 11.5 Å². The fourth-order valence-electron chi connectivity index (χ4n) is 2.57. The molecule has 1 N–H and O–H groups in total. The summed E-state index contributed by atoms with van der Waals surface area (Å²) in [6.45, 7) is 0. The first-order valence-electron chi connectivity index (χ1n) is 6.54. The van der Waals surface area contributed by atoms with Gasteiger partial charge in [-0.2, -0.15) is 0 Å². The Kier molecular flexibility index (Phi) is 2.50. The van der Waals surface area contributed by atoms with Gasteiger partial charge in [0, 0.05) is 0 Å². The third-order valence-electron chi connectivity index (χ3n) is 3.53. The molecule has 0 unspecified atom stereocenters. The average molecular weight is 296 g/mol. The van der Waals surface area contributed by atoms with Crippen LogP contribution in [0.4, 0.5) is 4.39 Å². The molecule has 7 heteroatoms. The highest BCUT2D eigenvalue weighted by Crippen LogP contribution is 2.16. The molecular formula is C15H9FN4O2. The number of nitrogens with zero attached hydrogens (tertiary/aromatic N) is 3. The predicted octanol–water partition coefficient (Wildman–Crippen LogP) is 1.47. The van der Waals surface area contributed by atoms with Gasteiger partial charge in [-0.05, 0) is 24.3 Å². The summed E-state index contributed by atoms with van der Waals surface area (Å²) >= 11 is 0. The third-order valence-corrected chi connectivity index (χ3v) is 3.53. The highest BCUT2D eigenvalue weighted by molar-refractivity contribution is 5.80. The Morgan fingerprint density at radius 2 is 1.73 bits per heavy atom. The highest BCUT2D eigenvalue weighted by Gasteiger charge is 2.17. The molecule has 0 amide bonds. The van der Waals surface area contributed by atoms with Crippen molar-refractivity contribution in [1.29, 1.82) is 0 Å². The van der Waals surface area contributed by atoms with Gasteiger partial charge in [0.15, 0.2) is 0 Å². The number of H-pyrrole nitrogens is 1. The smallest absolute Gasteiger partial charge is 0.268 e. The van der Waals surface area contributed by atoms with Crippen molar-refractivity contribution in [2.45, 2.75) is 0 Å². The van der Waals surface area contributed by atoms with Crippen LogP contribution in [0.2, 0.25) is 0 Å². The number of hydrogen-bond acceptors (Lipinski definition) is 3. The lowest BCUT2D eigenvalue weighted by molar-refractivity contribution is 0.617. The van der Waals surface area contributed by atoms with Gasteiger partial charge < -0.3 is 0 Å². The molecule has 0 atom stereocenters. The molecular weight excluding hydrogens is 287 g/mol. The molecule has 0 saturated heterocycles. The minimum atomic E-state index is -0.572. The lowest BCUT2D eigenvalue weighted by atomic mass is 10.2. The van der Waals surface area contributed by atoms with Crippen molar-refractivity contribution >= 4 is 16.7 Å². The summed E-state index contributed by atoms with van der Waals surface area (Å²) in [5.41, 5.74) is -0.459. The van der Waals surface area contributed by atoms with E-state index in [1.54, 1.807) is 30.3 Å². The minimum Gasteiger partial charge on any atom is -0.268 e. The zero-order valence-corrected chi connectivity index (χ0v) is 11.2. The van der Waals surface area contributed by atoms with Crippen LogP contribution < -0.4 is 11.2 Å². The Labute approximate surface area is 122 Å². The van der Waals surface area contributed by atoms with Gasteiger partial charge in [0.25, 0.3) is 5.56 Å². The quantitative estimate of drug-likeness (QED) is 0.578. The SMILES string of the molecule is O=c1c2ccccc2n2c(=O)[nH]nc2n1-c1ccccc1F. The van der Waals surface area contributed by atoms with Crippen LogP contribution in [0, 0.1) is 5.82 Å². The van der Waals surface area contributed by atoms with Gasteiger partial charge >= 0.3 is 5.69 Å². The number of hydrogen-bond donors (Lipinski definition) is 1. The van der Waals surface area contributed by atoms with E-state index in [1.807, 2.05) is 0 Å². The molecule has 0 aliphatic rings. The zero-order valence-electron chi connectivity index (χ0n) is 11.2. The molecule has 0 fully saturated rings. The van der Waals surface area contributed by atoms with Crippen molar-refractivity contribution in [2.24, 2.45) is 0 Å². The van der Waals surface area contributed by atoms with E-state index < -0.39 is 17.1 Å². The predicted molar refractivity (Wildman–Crippen MR) is 78.9 cm³/mol. The van der Waals surface area contributed by atoms with Crippen LogP contribution in [0.5, 0.6) is 0 Å².